The highest BCUT2D eigenvalue weighted by atomic mass is 16.6. The van der Waals surface area contributed by atoms with Crippen LogP contribution in [0, 0.1) is 17.2 Å². The van der Waals surface area contributed by atoms with Crippen molar-refractivity contribution in [3.05, 3.63) is 29.8 Å². The molecule has 5 heteroatoms. The first kappa shape index (κ1) is 16.7. The smallest absolute Gasteiger partial charge is 0.308 e. The summed E-state index contributed by atoms with van der Waals surface area (Å²) in [5.41, 5.74) is -0.272. The number of hydrogen-bond acceptors (Lipinski definition) is 5. The lowest BCUT2D eigenvalue weighted by atomic mass is 9.96. The molecule has 0 aliphatic rings. The molecule has 0 fully saturated rings. The molecule has 1 aromatic carbocycles. The van der Waals surface area contributed by atoms with Gasteiger partial charge in [0.05, 0.1) is 19.6 Å². The van der Waals surface area contributed by atoms with Gasteiger partial charge in [0.15, 0.2) is 5.78 Å². The molecule has 0 aliphatic carbocycles. The number of ether oxygens (including phenoxy) is 2. The molecule has 0 amide bonds. The van der Waals surface area contributed by atoms with Gasteiger partial charge in [0.1, 0.15) is 17.3 Å². The summed E-state index contributed by atoms with van der Waals surface area (Å²) in [6.07, 6.45) is -0.251. The number of nitriles is 1. The highest BCUT2D eigenvalue weighted by Gasteiger charge is 2.26. The Labute approximate surface area is 124 Å². The molecule has 0 bridgehead atoms. The zero-order chi connectivity index (χ0) is 16.0. The van der Waals surface area contributed by atoms with Crippen LogP contribution in [0.1, 0.15) is 37.6 Å². The third kappa shape index (κ3) is 5.27. The molecule has 0 N–H and O–H groups in total. The number of carbonyl (C=O) groups is 2. The van der Waals surface area contributed by atoms with Gasteiger partial charge in [0, 0.05) is 5.56 Å². The van der Waals surface area contributed by atoms with Crippen LogP contribution in [0.2, 0.25) is 0 Å². The van der Waals surface area contributed by atoms with Crippen molar-refractivity contribution in [1.29, 1.82) is 5.26 Å². The molecule has 0 aromatic heterocycles. The summed E-state index contributed by atoms with van der Waals surface area (Å²) in [5, 5.41) is 9.10. The van der Waals surface area contributed by atoms with Crippen molar-refractivity contribution in [2.75, 3.05) is 7.11 Å². The minimum atomic E-state index is -1.05. The van der Waals surface area contributed by atoms with E-state index < -0.39 is 23.3 Å². The van der Waals surface area contributed by atoms with Crippen LogP contribution >= 0.6 is 0 Å². The van der Waals surface area contributed by atoms with Gasteiger partial charge in [0.2, 0.25) is 0 Å². The molecule has 1 atom stereocenters. The number of benzene rings is 1. The summed E-state index contributed by atoms with van der Waals surface area (Å²) in [6.45, 7) is 5.20. The number of carbonyl (C=O) groups excluding carboxylic acids is 2. The molecule has 0 saturated carbocycles. The molecule has 112 valence electrons. The Hall–Kier alpha value is -2.35. The zero-order valence-electron chi connectivity index (χ0n) is 12.7. The van der Waals surface area contributed by atoms with Gasteiger partial charge in [-0.25, -0.2) is 0 Å². The normalized spacial score (nSPS) is 12.1. The molecule has 0 spiro atoms. The van der Waals surface area contributed by atoms with E-state index in [9.17, 15) is 9.59 Å². The van der Waals surface area contributed by atoms with Crippen molar-refractivity contribution in [3.8, 4) is 11.8 Å². The van der Waals surface area contributed by atoms with Gasteiger partial charge in [-0.3, -0.25) is 9.59 Å². The monoisotopic (exact) mass is 289 g/mol. The fraction of sp³-hybridized carbons (Fsp3) is 0.438. The van der Waals surface area contributed by atoms with Crippen LogP contribution < -0.4 is 4.74 Å². The molecule has 0 radical (unpaired) electrons. The van der Waals surface area contributed by atoms with E-state index in [4.69, 9.17) is 14.7 Å². The predicted octanol–water partition coefficient (Wildman–Crippen LogP) is 2.75. The Kier molecular flexibility index (Phi) is 5.48. The van der Waals surface area contributed by atoms with Crippen molar-refractivity contribution < 1.29 is 19.1 Å². The second-order valence-electron chi connectivity index (χ2n) is 5.57. The Bertz CT molecular complexity index is 549. The third-order valence-corrected chi connectivity index (χ3v) is 2.64. The molecule has 1 unspecified atom stereocenters. The van der Waals surface area contributed by atoms with Gasteiger partial charge in [-0.15, -0.1) is 0 Å². The van der Waals surface area contributed by atoms with Crippen molar-refractivity contribution in [2.45, 2.75) is 32.8 Å². The lowest BCUT2D eigenvalue weighted by molar-refractivity contribution is -0.155. The minimum Gasteiger partial charge on any atom is -0.497 e. The summed E-state index contributed by atoms with van der Waals surface area (Å²) in [7, 11) is 1.53. The number of ketones is 1. The van der Waals surface area contributed by atoms with E-state index in [1.54, 1.807) is 45.0 Å². The summed E-state index contributed by atoms with van der Waals surface area (Å²) in [6, 6.07) is 8.27. The standard InChI is InChI=1S/C16H19NO4/c1-16(2,3)21-14(18)9-12(10-17)15(19)11-5-7-13(20-4)8-6-11/h5-8,12H,9H2,1-4H3. The fourth-order valence-electron chi connectivity index (χ4n) is 1.70. The number of Topliss-reactive ketones (excluding diaryl/α,β-unsaturated/α-hetero) is 1. The topological polar surface area (TPSA) is 76.4 Å². The zero-order valence-corrected chi connectivity index (χ0v) is 12.7. The van der Waals surface area contributed by atoms with Crippen LogP contribution in [0.4, 0.5) is 0 Å². The van der Waals surface area contributed by atoms with Gasteiger partial charge < -0.3 is 9.47 Å². The Morgan fingerprint density at radius 3 is 2.24 bits per heavy atom. The third-order valence-electron chi connectivity index (χ3n) is 2.64. The quantitative estimate of drug-likeness (QED) is 0.615. The molecule has 21 heavy (non-hydrogen) atoms. The Morgan fingerprint density at radius 1 is 1.24 bits per heavy atom. The molecular formula is C16H19NO4. The number of nitrogens with zero attached hydrogens (tertiary/aromatic N) is 1. The SMILES string of the molecule is COc1ccc(C(=O)C(C#N)CC(=O)OC(C)(C)C)cc1. The average Bonchev–Trinajstić information content (AvgIpc) is 2.42. The van der Waals surface area contributed by atoms with E-state index >= 15 is 0 Å². The first-order valence-corrected chi connectivity index (χ1v) is 6.56. The highest BCUT2D eigenvalue weighted by Crippen LogP contribution is 2.18. The number of rotatable bonds is 5. The molecule has 0 saturated heterocycles. The lowest BCUT2D eigenvalue weighted by Gasteiger charge is -2.20. The van der Waals surface area contributed by atoms with E-state index in [0.29, 0.717) is 11.3 Å². The molecule has 1 aromatic rings. The number of esters is 1. The van der Waals surface area contributed by atoms with Gasteiger partial charge in [0.25, 0.3) is 0 Å². The molecular weight excluding hydrogens is 270 g/mol. The van der Waals surface area contributed by atoms with E-state index in [-0.39, 0.29) is 6.42 Å². The maximum atomic E-state index is 12.2. The minimum absolute atomic E-state index is 0.251. The summed E-state index contributed by atoms with van der Waals surface area (Å²) in [4.78, 5) is 23.9. The van der Waals surface area contributed by atoms with Crippen LogP contribution in [0.3, 0.4) is 0 Å². The van der Waals surface area contributed by atoms with E-state index in [2.05, 4.69) is 0 Å². The second kappa shape index (κ2) is 6.89. The predicted molar refractivity (Wildman–Crippen MR) is 76.9 cm³/mol. The molecule has 0 heterocycles. The van der Waals surface area contributed by atoms with Crippen LogP contribution in [0.5, 0.6) is 5.75 Å². The highest BCUT2D eigenvalue weighted by molar-refractivity contribution is 6.01. The van der Waals surface area contributed by atoms with Gasteiger partial charge in [-0.05, 0) is 45.0 Å². The van der Waals surface area contributed by atoms with E-state index in [1.807, 2.05) is 6.07 Å². The molecule has 0 aliphatic heterocycles. The largest absolute Gasteiger partial charge is 0.497 e. The number of methoxy groups -OCH3 is 1. The summed E-state index contributed by atoms with van der Waals surface area (Å²) in [5.74, 6) is -1.39. The van der Waals surface area contributed by atoms with E-state index in [0.717, 1.165) is 0 Å². The molecule has 1 rings (SSSR count). The maximum absolute atomic E-state index is 12.2. The van der Waals surface area contributed by atoms with Gasteiger partial charge in [-0.1, -0.05) is 0 Å². The Balaban J connectivity index is 2.77. The second-order valence-corrected chi connectivity index (χ2v) is 5.57. The van der Waals surface area contributed by atoms with Crippen LogP contribution in [-0.4, -0.2) is 24.5 Å². The summed E-state index contributed by atoms with van der Waals surface area (Å²) >= 11 is 0. The summed E-state index contributed by atoms with van der Waals surface area (Å²) < 4.78 is 10.1. The van der Waals surface area contributed by atoms with Crippen molar-refractivity contribution in [3.63, 3.8) is 0 Å². The van der Waals surface area contributed by atoms with Crippen LogP contribution in [-0.2, 0) is 9.53 Å². The van der Waals surface area contributed by atoms with Crippen LogP contribution in [0.25, 0.3) is 0 Å². The number of hydrogen-bond donors (Lipinski definition) is 0. The van der Waals surface area contributed by atoms with E-state index in [1.165, 1.54) is 7.11 Å². The lowest BCUT2D eigenvalue weighted by Crippen LogP contribution is -2.27. The first-order valence-electron chi connectivity index (χ1n) is 6.56. The fourth-order valence-corrected chi connectivity index (χ4v) is 1.70. The Morgan fingerprint density at radius 2 is 1.81 bits per heavy atom. The molecule has 5 nitrogen and oxygen atoms in total. The maximum Gasteiger partial charge on any atom is 0.308 e. The average molecular weight is 289 g/mol. The van der Waals surface area contributed by atoms with Crippen molar-refractivity contribution in [2.24, 2.45) is 5.92 Å². The first-order chi connectivity index (χ1) is 9.76. The van der Waals surface area contributed by atoms with Crippen LogP contribution in [0.15, 0.2) is 24.3 Å². The van der Waals surface area contributed by atoms with Gasteiger partial charge in [-0.2, -0.15) is 5.26 Å². The van der Waals surface area contributed by atoms with Gasteiger partial charge >= 0.3 is 5.97 Å². The van der Waals surface area contributed by atoms with Crippen molar-refractivity contribution in [1.82, 2.24) is 0 Å². The van der Waals surface area contributed by atoms with Crippen molar-refractivity contribution >= 4 is 11.8 Å².